The van der Waals surface area contributed by atoms with Crippen LogP contribution in [0.2, 0.25) is 0 Å². The summed E-state index contributed by atoms with van der Waals surface area (Å²) in [6, 6.07) is 6.68. The number of nitrogens with zero attached hydrogens (tertiary/aromatic N) is 1. The zero-order valence-corrected chi connectivity index (χ0v) is 10.4. The minimum Gasteiger partial charge on any atom is -0.391 e. The van der Waals surface area contributed by atoms with Gasteiger partial charge in [0.15, 0.2) is 0 Å². The van der Waals surface area contributed by atoms with E-state index in [9.17, 15) is 13.5 Å². The molecule has 1 atom stereocenters. The second kappa shape index (κ2) is 4.64. The fourth-order valence-corrected chi connectivity index (χ4v) is 2.66. The van der Waals surface area contributed by atoms with Crippen molar-refractivity contribution >= 4 is 15.7 Å². The van der Waals surface area contributed by atoms with Gasteiger partial charge in [-0.05, 0) is 37.7 Å². The average Bonchev–Trinajstić information content (AvgIpc) is 2.76. The van der Waals surface area contributed by atoms with Crippen molar-refractivity contribution in [3.63, 3.8) is 0 Å². The van der Waals surface area contributed by atoms with Crippen LogP contribution in [-0.2, 0) is 10.0 Å². The Kier molecular flexibility index (Phi) is 3.37. The van der Waals surface area contributed by atoms with Gasteiger partial charge < -0.3 is 10.0 Å². The first-order chi connectivity index (χ1) is 8.03. The van der Waals surface area contributed by atoms with Crippen LogP contribution < -0.4 is 9.62 Å². The van der Waals surface area contributed by atoms with Gasteiger partial charge in [-0.25, -0.2) is 13.1 Å². The van der Waals surface area contributed by atoms with Crippen LogP contribution in [0, 0.1) is 0 Å². The molecule has 1 saturated heterocycles. The lowest BCUT2D eigenvalue weighted by Crippen LogP contribution is -2.21. The van der Waals surface area contributed by atoms with Gasteiger partial charge in [-0.3, -0.25) is 0 Å². The zero-order valence-electron chi connectivity index (χ0n) is 9.63. The Morgan fingerprint density at radius 1 is 1.35 bits per heavy atom. The number of benzene rings is 1. The molecule has 0 unspecified atom stereocenters. The maximum atomic E-state index is 11.5. The predicted octanol–water partition coefficient (Wildman–Crippen LogP) is 0.166. The summed E-state index contributed by atoms with van der Waals surface area (Å²) < 4.78 is 25.3. The highest BCUT2D eigenvalue weighted by Crippen LogP contribution is 2.22. The lowest BCUT2D eigenvalue weighted by atomic mass is 10.3. The molecule has 1 aromatic carbocycles. The fraction of sp³-hybridized carbons (Fsp3) is 0.455. The van der Waals surface area contributed by atoms with Gasteiger partial charge in [-0.15, -0.1) is 0 Å². The second-order valence-electron chi connectivity index (χ2n) is 4.09. The Morgan fingerprint density at radius 2 is 2.00 bits per heavy atom. The molecule has 0 spiro atoms. The topological polar surface area (TPSA) is 69.6 Å². The number of β-amino-alcohol motifs (C(OH)–C–C–N with tert-alkyl or cyclic N) is 1. The zero-order chi connectivity index (χ0) is 12.5. The molecule has 0 aliphatic carbocycles. The largest absolute Gasteiger partial charge is 0.391 e. The van der Waals surface area contributed by atoms with Crippen LogP contribution in [0.3, 0.4) is 0 Å². The lowest BCUT2D eigenvalue weighted by molar-refractivity contribution is 0.198. The molecule has 0 amide bonds. The number of rotatable bonds is 3. The van der Waals surface area contributed by atoms with Crippen molar-refractivity contribution in [2.45, 2.75) is 17.4 Å². The van der Waals surface area contributed by atoms with Crippen molar-refractivity contribution in [3.8, 4) is 0 Å². The first kappa shape index (κ1) is 12.3. The van der Waals surface area contributed by atoms with Gasteiger partial charge in [0.25, 0.3) is 0 Å². The van der Waals surface area contributed by atoms with Crippen molar-refractivity contribution in [3.05, 3.63) is 24.3 Å². The molecule has 0 saturated carbocycles. The minimum absolute atomic E-state index is 0.253. The molecular weight excluding hydrogens is 240 g/mol. The van der Waals surface area contributed by atoms with Gasteiger partial charge in [-0.1, -0.05) is 0 Å². The van der Waals surface area contributed by atoms with Gasteiger partial charge in [0.1, 0.15) is 0 Å². The number of anilines is 1. The van der Waals surface area contributed by atoms with E-state index >= 15 is 0 Å². The standard InChI is InChI=1S/C11H16N2O3S/c1-12-17(15,16)11-4-2-9(3-5-11)13-7-6-10(14)8-13/h2-5,10,12,14H,6-8H2,1H3/t10-/m1/s1. The molecule has 0 bridgehead atoms. The summed E-state index contributed by atoms with van der Waals surface area (Å²) in [6.45, 7) is 1.41. The van der Waals surface area contributed by atoms with Gasteiger partial charge in [-0.2, -0.15) is 0 Å². The maximum Gasteiger partial charge on any atom is 0.240 e. The third-order valence-corrected chi connectivity index (χ3v) is 4.37. The molecule has 2 N–H and O–H groups in total. The van der Waals surface area contributed by atoms with Crippen LogP contribution >= 0.6 is 0 Å². The predicted molar refractivity (Wildman–Crippen MR) is 65.5 cm³/mol. The molecule has 1 fully saturated rings. The SMILES string of the molecule is CNS(=O)(=O)c1ccc(N2CC[C@@H](O)C2)cc1. The minimum atomic E-state index is -3.37. The Bertz CT molecular complexity index is 484. The van der Waals surface area contributed by atoms with Crippen LogP contribution in [0.15, 0.2) is 29.2 Å². The Morgan fingerprint density at radius 3 is 2.47 bits per heavy atom. The van der Waals surface area contributed by atoms with E-state index in [-0.39, 0.29) is 11.0 Å². The molecule has 1 aromatic rings. The smallest absolute Gasteiger partial charge is 0.240 e. The molecule has 0 aromatic heterocycles. The highest BCUT2D eigenvalue weighted by molar-refractivity contribution is 7.89. The Labute approximate surface area is 101 Å². The Hall–Kier alpha value is -1.11. The molecule has 5 nitrogen and oxygen atoms in total. The number of aliphatic hydroxyl groups excluding tert-OH is 1. The van der Waals surface area contributed by atoms with Crippen LogP contribution in [-0.4, -0.2) is 39.8 Å². The molecule has 0 radical (unpaired) electrons. The first-order valence-electron chi connectivity index (χ1n) is 5.49. The van der Waals surface area contributed by atoms with Crippen molar-refractivity contribution in [2.75, 3.05) is 25.0 Å². The van der Waals surface area contributed by atoms with Gasteiger partial charge >= 0.3 is 0 Å². The molecule has 1 aliphatic heterocycles. The molecule has 6 heteroatoms. The molecule has 94 valence electrons. The maximum absolute atomic E-state index is 11.5. The third kappa shape index (κ3) is 2.59. The van der Waals surface area contributed by atoms with Crippen molar-refractivity contribution < 1.29 is 13.5 Å². The molecule has 2 rings (SSSR count). The summed E-state index contributed by atoms with van der Waals surface area (Å²) in [5.74, 6) is 0. The quantitative estimate of drug-likeness (QED) is 0.808. The number of sulfonamides is 1. The molecule has 1 aliphatic rings. The van der Waals surface area contributed by atoms with E-state index in [0.29, 0.717) is 6.54 Å². The number of aliphatic hydroxyl groups is 1. The molecular formula is C11H16N2O3S. The fourth-order valence-electron chi connectivity index (χ4n) is 1.93. The van der Waals surface area contributed by atoms with Crippen LogP contribution in [0.1, 0.15) is 6.42 Å². The van der Waals surface area contributed by atoms with E-state index < -0.39 is 10.0 Å². The monoisotopic (exact) mass is 256 g/mol. The number of nitrogens with one attached hydrogen (secondary N) is 1. The van der Waals surface area contributed by atoms with Gasteiger partial charge in [0.2, 0.25) is 10.0 Å². The highest BCUT2D eigenvalue weighted by Gasteiger charge is 2.20. The molecule has 17 heavy (non-hydrogen) atoms. The van der Waals surface area contributed by atoms with E-state index in [1.807, 2.05) is 4.90 Å². The summed E-state index contributed by atoms with van der Waals surface area (Å²) >= 11 is 0. The van der Waals surface area contributed by atoms with E-state index in [2.05, 4.69) is 4.72 Å². The van der Waals surface area contributed by atoms with E-state index in [0.717, 1.165) is 18.7 Å². The summed E-state index contributed by atoms with van der Waals surface area (Å²) in [5, 5.41) is 9.44. The number of hydrogen-bond donors (Lipinski definition) is 2. The lowest BCUT2D eigenvalue weighted by Gasteiger charge is -2.17. The first-order valence-corrected chi connectivity index (χ1v) is 6.98. The average molecular weight is 256 g/mol. The second-order valence-corrected chi connectivity index (χ2v) is 5.98. The summed E-state index contributed by atoms with van der Waals surface area (Å²) in [5.41, 5.74) is 0.941. The van der Waals surface area contributed by atoms with Crippen molar-refractivity contribution in [2.24, 2.45) is 0 Å². The highest BCUT2D eigenvalue weighted by atomic mass is 32.2. The number of hydrogen-bond acceptors (Lipinski definition) is 4. The third-order valence-electron chi connectivity index (χ3n) is 2.94. The van der Waals surface area contributed by atoms with Crippen LogP contribution in [0.5, 0.6) is 0 Å². The van der Waals surface area contributed by atoms with Gasteiger partial charge in [0, 0.05) is 18.8 Å². The van der Waals surface area contributed by atoms with Crippen LogP contribution in [0.4, 0.5) is 5.69 Å². The summed E-state index contributed by atoms with van der Waals surface area (Å²) in [4.78, 5) is 2.30. The van der Waals surface area contributed by atoms with Crippen molar-refractivity contribution in [1.29, 1.82) is 0 Å². The summed E-state index contributed by atoms with van der Waals surface area (Å²) in [7, 11) is -1.98. The van der Waals surface area contributed by atoms with Crippen LogP contribution in [0.25, 0.3) is 0 Å². The normalized spacial score (nSPS) is 20.8. The van der Waals surface area contributed by atoms with Crippen molar-refractivity contribution in [1.82, 2.24) is 4.72 Å². The van der Waals surface area contributed by atoms with E-state index in [1.165, 1.54) is 7.05 Å². The van der Waals surface area contributed by atoms with E-state index in [4.69, 9.17) is 0 Å². The summed E-state index contributed by atoms with van der Waals surface area (Å²) in [6.07, 6.45) is 0.479. The Balaban J connectivity index is 2.19. The van der Waals surface area contributed by atoms with Gasteiger partial charge in [0.05, 0.1) is 11.0 Å². The molecule has 1 heterocycles. The van der Waals surface area contributed by atoms with E-state index in [1.54, 1.807) is 24.3 Å².